The molecule has 3 aromatic rings. The van der Waals surface area contributed by atoms with Gasteiger partial charge in [0, 0.05) is 5.02 Å². The molecule has 1 N–H and O–H groups in total. The fourth-order valence-corrected chi connectivity index (χ4v) is 4.31. The first-order chi connectivity index (χ1) is 16.9. The van der Waals surface area contributed by atoms with E-state index in [4.69, 9.17) is 26.2 Å². The first-order valence-electron chi connectivity index (χ1n) is 10.6. The SMILES string of the molecule is CCOc1cc(/C=C2/SC(=O)N(c3ccc(Cl)cc3)C2=O)ccc1OCc1ccc(C(=O)O)cc1. The molecule has 7 nitrogen and oxygen atoms in total. The second kappa shape index (κ2) is 10.7. The van der Waals surface area contributed by atoms with Crippen molar-refractivity contribution in [3.05, 3.63) is 93.3 Å². The van der Waals surface area contributed by atoms with Gasteiger partial charge in [-0.25, -0.2) is 9.69 Å². The zero-order valence-electron chi connectivity index (χ0n) is 18.6. The minimum Gasteiger partial charge on any atom is -0.490 e. The van der Waals surface area contributed by atoms with E-state index in [0.29, 0.717) is 39.3 Å². The van der Waals surface area contributed by atoms with Crippen LogP contribution in [0.5, 0.6) is 11.5 Å². The Kier molecular flexibility index (Phi) is 7.43. The number of carbonyl (C=O) groups is 3. The lowest BCUT2D eigenvalue weighted by atomic mass is 10.1. The quantitative estimate of drug-likeness (QED) is 0.358. The van der Waals surface area contributed by atoms with Gasteiger partial charge in [0.2, 0.25) is 0 Å². The summed E-state index contributed by atoms with van der Waals surface area (Å²) < 4.78 is 11.6. The second-order valence-electron chi connectivity index (χ2n) is 7.42. The van der Waals surface area contributed by atoms with E-state index in [0.717, 1.165) is 22.2 Å². The van der Waals surface area contributed by atoms with Crippen LogP contribution in [0.15, 0.2) is 71.6 Å². The van der Waals surface area contributed by atoms with Crippen molar-refractivity contribution >= 4 is 52.2 Å². The second-order valence-corrected chi connectivity index (χ2v) is 8.85. The molecule has 1 fully saturated rings. The molecule has 0 spiro atoms. The molecule has 1 heterocycles. The number of amides is 2. The maximum atomic E-state index is 12.9. The average Bonchev–Trinajstić information content (AvgIpc) is 3.12. The van der Waals surface area contributed by atoms with Gasteiger partial charge >= 0.3 is 5.97 Å². The molecule has 0 unspecified atom stereocenters. The van der Waals surface area contributed by atoms with Crippen LogP contribution in [0.2, 0.25) is 5.02 Å². The van der Waals surface area contributed by atoms with E-state index in [1.807, 2.05) is 6.92 Å². The highest BCUT2D eigenvalue weighted by molar-refractivity contribution is 8.19. The van der Waals surface area contributed by atoms with E-state index in [2.05, 4.69) is 0 Å². The topological polar surface area (TPSA) is 93.1 Å². The number of halogens is 1. The van der Waals surface area contributed by atoms with Gasteiger partial charge in [-0.3, -0.25) is 9.59 Å². The van der Waals surface area contributed by atoms with Gasteiger partial charge in [0.15, 0.2) is 11.5 Å². The third kappa shape index (κ3) is 5.67. The smallest absolute Gasteiger partial charge is 0.335 e. The summed E-state index contributed by atoms with van der Waals surface area (Å²) in [6, 6.07) is 18.1. The van der Waals surface area contributed by atoms with Gasteiger partial charge in [-0.15, -0.1) is 0 Å². The van der Waals surface area contributed by atoms with Crippen LogP contribution in [0.1, 0.15) is 28.4 Å². The van der Waals surface area contributed by atoms with Crippen molar-refractivity contribution < 1.29 is 29.0 Å². The molecule has 2 amide bonds. The summed E-state index contributed by atoms with van der Waals surface area (Å²) in [7, 11) is 0. The van der Waals surface area contributed by atoms with Crippen LogP contribution in [0.3, 0.4) is 0 Å². The number of ether oxygens (including phenoxy) is 2. The van der Waals surface area contributed by atoms with E-state index in [1.54, 1.807) is 60.7 Å². The molecular formula is C26H20ClNO6S. The third-order valence-corrected chi connectivity index (χ3v) is 6.16. The predicted molar refractivity (Wildman–Crippen MR) is 135 cm³/mol. The number of thioether (sulfide) groups is 1. The molecular weight excluding hydrogens is 490 g/mol. The molecule has 4 rings (SSSR count). The molecule has 0 atom stereocenters. The van der Waals surface area contributed by atoms with Crippen LogP contribution in [0, 0.1) is 0 Å². The highest BCUT2D eigenvalue weighted by Crippen LogP contribution is 2.37. The standard InChI is InChI=1S/C26H20ClNO6S/c1-2-33-22-13-17(5-12-21(22)34-15-16-3-6-18(7-4-16)25(30)31)14-23-24(29)28(26(32)35-23)20-10-8-19(27)9-11-20/h3-14H,2,15H2,1H3,(H,30,31)/b23-14+. The number of carboxylic acid groups (broad SMARTS) is 1. The number of imide groups is 1. The highest BCUT2D eigenvalue weighted by Gasteiger charge is 2.36. The van der Waals surface area contributed by atoms with Gasteiger partial charge in [0.25, 0.3) is 11.1 Å². The molecule has 0 aromatic heterocycles. The van der Waals surface area contributed by atoms with Gasteiger partial charge < -0.3 is 14.6 Å². The Balaban J connectivity index is 1.52. The lowest BCUT2D eigenvalue weighted by Crippen LogP contribution is -2.27. The first-order valence-corrected chi connectivity index (χ1v) is 11.8. The summed E-state index contributed by atoms with van der Waals surface area (Å²) in [5, 5.41) is 9.15. The molecule has 35 heavy (non-hydrogen) atoms. The number of rotatable bonds is 8. The van der Waals surface area contributed by atoms with Crippen molar-refractivity contribution in [1.29, 1.82) is 0 Å². The van der Waals surface area contributed by atoms with Gasteiger partial charge in [-0.2, -0.15) is 0 Å². The predicted octanol–water partition coefficient (Wildman–Crippen LogP) is 6.26. The fourth-order valence-electron chi connectivity index (χ4n) is 3.34. The number of hydrogen-bond donors (Lipinski definition) is 1. The van der Waals surface area contributed by atoms with Crippen molar-refractivity contribution in [2.45, 2.75) is 13.5 Å². The van der Waals surface area contributed by atoms with Gasteiger partial charge in [-0.05, 0) is 84.4 Å². The van der Waals surface area contributed by atoms with Crippen LogP contribution in [0.25, 0.3) is 6.08 Å². The van der Waals surface area contributed by atoms with Crippen LogP contribution in [-0.2, 0) is 11.4 Å². The Morgan fingerprint density at radius 1 is 1.00 bits per heavy atom. The monoisotopic (exact) mass is 509 g/mol. The Hall–Kier alpha value is -3.75. The van der Waals surface area contributed by atoms with E-state index in [-0.39, 0.29) is 17.4 Å². The van der Waals surface area contributed by atoms with Gasteiger partial charge in [0.1, 0.15) is 6.61 Å². The zero-order chi connectivity index (χ0) is 24.9. The van der Waals surface area contributed by atoms with Crippen molar-refractivity contribution in [2.24, 2.45) is 0 Å². The number of hydrogen-bond acceptors (Lipinski definition) is 6. The van der Waals surface area contributed by atoms with Crippen molar-refractivity contribution in [2.75, 3.05) is 11.5 Å². The molecule has 1 aliphatic heterocycles. The Labute approximate surface area is 210 Å². The lowest BCUT2D eigenvalue weighted by Gasteiger charge is -2.13. The van der Waals surface area contributed by atoms with E-state index >= 15 is 0 Å². The molecule has 0 saturated carbocycles. The van der Waals surface area contributed by atoms with Crippen molar-refractivity contribution in [1.82, 2.24) is 0 Å². The highest BCUT2D eigenvalue weighted by atomic mass is 35.5. The molecule has 178 valence electrons. The summed E-state index contributed by atoms with van der Waals surface area (Å²) in [5.74, 6) is -0.413. The molecule has 3 aromatic carbocycles. The van der Waals surface area contributed by atoms with Crippen LogP contribution >= 0.6 is 23.4 Å². The number of aromatic carboxylic acids is 1. The van der Waals surface area contributed by atoms with Crippen LogP contribution in [0.4, 0.5) is 10.5 Å². The molecule has 0 bridgehead atoms. The summed E-state index contributed by atoms with van der Waals surface area (Å²) in [4.78, 5) is 37.8. The molecule has 9 heteroatoms. The van der Waals surface area contributed by atoms with E-state index in [1.165, 1.54) is 12.1 Å². The number of anilines is 1. The van der Waals surface area contributed by atoms with Crippen LogP contribution in [-0.4, -0.2) is 28.8 Å². The minimum atomic E-state index is -0.988. The zero-order valence-corrected chi connectivity index (χ0v) is 20.1. The van der Waals surface area contributed by atoms with Crippen molar-refractivity contribution in [3.63, 3.8) is 0 Å². The van der Waals surface area contributed by atoms with Gasteiger partial charge in [0.05, 0.1) is 22.8 Å². The largest absolute Gasteiger partial charge is 0.490 e. The maximum Gasteiger partial charge on any atom is 0.335 e. The Morgan fingerprint density at radius 3 is 2.37 bits per heavy atom. The molecule has 0 aliphatic carbocycles. The van der Waals surface area contributed by atoms with E-state index in [9.17, 15) is 14.4 Å². The Bertz CT molecular complexity index is 1300. The maximum absolute atomic E-state index is 12.9. The summed E-state index contributed by atoms with van der Waals surface area (Å²) in [6.45, 7) is 2.47. The number of carbonyl (C=O) groups excluding carboxylic acids is 2. The lowest BCUT2D eigenvalue weighted by molar-refractivity contribution is -0.113. The van der Waals surface area contributed by atoms with Crippen LogP contribution < -0.4 is 14.4 Å². The van der Waals surface area contributed by atoms with E-state index < -0.39 is 11.9 Å². The number of carboxylic acids is 1. The molecule has 1 saturated heterocycles. The summed E-state index contributed by atoms with van der Waals surface area (Å²) in [6.07, 6.45) is 1.64. The molecule has 0 radical (unpaired) electrons. The normalized spacial score (nSPS) is 14.5. The third-order valence-electron chi connectivity index (χ3n) is 5.04. The average molecular weight is 510 g/mol. The van der Waals surface area contributed by atoms with Gasteiger partial charge in [-0.1, -0.05) is 29.8 Å². The summed E-state index contributed by atoms with van der Waals surface area (Å²) >= 11 is 6.77. The van der Waals surface area contributed by atoms with Crippen molar-refractivity contribution in [3.8, 4) is 11.5 Å². The number of benzene rings is 3. The Morgan fingerprint density at radius 2 is 1.71 bits per heavy atom. The first kappa shape index (κ1) is 24.4. The minimum absolute atomic E-state index is 0.202. The number of nitrogens with zero attached hydrogens (tertiary/aromatic N) is 1. The fraction of sp³-hybridized carbons (Fsp3) is 0.115. The molecule has 1 aliphatic rings. The summed E-state index contributed by atoms with van der Waals surface area (Å²) in [5.41, 5.74) is 2.13.